The summed E-state index contributed by atoms with van der Waals surface area (Å²) in [6.45, 7) is 2.15. The van der Waals surface area contributed by atoms with Gasteiger partial charge in [0.1, 0.15) is 0 Å². The molecular formula is C21H34N2O3. The third kappa shape index (κ3) is 10.2. The minimum absolute atomic E-state index is 0.0337. The molecule has 0 aliphatic carbocycles. The Morgan fingerprint density at radius 3 is 2.42 bits per heavy atom. The maximum absolute atomic E-state index is 12.1. The van der Waals surface area contributed by atoms with Crippen LogP contribution in [0.1, 0.15) is 70.3 Å². The van der Waals surface area contributed by atoms with E-state index in [0.29, 0.717) is 12.8 Å². The molecule has 5 nitrogen and oxygen atoms in total. The maximum Gasteiger partial charge on any atom is 0.220 e. The predicted octanol–water partition coefficient (Wildman–Crippen LogP) is 3.09. The monoisotopic (exact) mass is 362 g/mol. The van der Waals surface area contributed by atoms with Crippen LogP contribution in [0.15, 0.2) is 30.3 Å². The lowest BCUT2D eigenvalue weighted by Crippen LogP contribution is -2.45. The van der Waals surface area contributed by atoms with Gasteiger partial charge in [-0.3, -0.25) is 9.59 Å². The fourth-order valence-electron chi connectivity index (χ4n) is 3.03. The molecule has 0 saturated carbocycles. The summed E-state index contributed by atoms with van der Waals surface area (Å²) in [6, 6.07) is 9.44. The number of unbranched alkanes of at least 4 members (excludes halogenated alkanes) is 4. The second kappa shape index (κ2) is 13.3. The molecule has 1 rings (SSSR count). The van der Waals surface area contributed by atoms with Crippen molar-refractivity contribution in [3.05, 3.63) is 35.9 Å². The number of aliphatic hydroxyl groups excluding tert-OH is 1. The SMILES string of the molecule is CCCCCCCC(=O)NC(CC(N)=O)C(O)CCCc1ccccc1. The Kier molecular flexibility index (Phi) is 11.4. The third-order valence-corrected chi connectivity index (χ3v) is 4.55. The first kappa shape index (κ1) is 22.2. The van der Waals surface area contributed by atoms with Gasteiger partial charge in [-0.25, -0.2) is 0 Å². The maximum atomic E-state index is 12.1. The molecule has 0 radical (unpaired) electrons. The summed E-state index contributed by atoms with van der Waals surface area (Å²) in [5.41, 5.74) is 6.49. The lowest BCUT2D eigenvalue weighted by Gasteiger charge is -2.23. The highest BCUT2D eigenvalue weighted by Gasteiger charge is 2.22. The van der Waals surface area contributed by atoms with Crippen molar-refractivity contribution in [1.29, 1.82) is 0 Å². The summed E-state index contributed by atoms with van der Waals surface area (Å²) < 4.78 is 0. The van der Waals surface area contributed by atoms with Gasteiger partial charge in [0, 0.05) is 12.8 Å². The van der Waals surface area contributed by atoms with Crippen LogP contribution in [0.5, 0.6) is 0 Å². The first-order valence-electron chi connectivity index (χ1n) is 9.82. The number of nitrogens with one attached hydrogen (secondary N) is 1. The van der Waals surface area contributed by atoms with E-state index in [-0.39, 0.29) is 12.3 Å². The molecule has 0 aliphatic heterocycles. The van der Waals surface area contributed by atoms with Gasteiger partial charge in [-0.05, 0) is 31.2 Å². The first-order chi connectivity index (χ1) is 12.5. The van der Waals surface area contributed by atoms with Crippen molar-refractivity contribution in [2.24, 2.45) is 5.73 Å². The van der Waals surface area contributed by atoms with Gasteiger partial charge in [0.05, 0.1) is 12.1 Å². The molecule has 2 amide bonds. The van der Waals surface area contributed by atoms with E-state index in [9.17, 15) is 14.7 Å². The topological polar surface area (TPSA) is 92.4 Å². The van der Waals surface area contributed by atoms with E-state index in [2.05, 4.69) is 12.2 Å². The number of carbonyl (C=O) groups is 2. The van der Waals surface area contributed by atoms with E-state index in [4.69, 9.17) is 5.73 Å². The minimum atomic E-state index is -0.768. The van der Waals surface area contributed by atoms with Crippen molar-refractivity contribution in [2.45, 2.75) is 83.3 Å². The quantitative estimate of drug-likeness (QED) is 0.444. The number of amides is 2. The Balaban J connectivity index is 2.38. The summed E-state index contributed by atoms with van der Waals surface area (Å²) in [5.74, 6) is -0.629. The second-order valence-corrected chi connectivity index (χ2v) is 6.95. The predicted molar refractivity (Wildman–Crippen MR) is 105 cm³/mol. The molecule has 0 fully saturated rings. The van der Waals surface area contributed by atoms with E-state index in [0.717, 1.165) is 32.1 Å². The lowest BCUT2D eigenvalue weighted by molar-refractivity contribution is -0.124. The number of rotatable bonds is 14. The Morgan fingerprint density at radius 1 is 1.08 bits per heavy atom. The molecular weight excluding hydrogens is 328 g/mol. The number of aliphatic hydroxyl groups is 1. The molecule has 0 aromatic heterocycles. The zero-order valence-corrected chi connectivity index (χ0v) is 16.0. The molecule has 0 heterocycles. The minimum Gasteiger partial charge on any atom is -0.391 e. The van der Waals surface area contributed by atoms with Crippen LogP contribution >= 0.6 is 0 Å². The van der Waals surface area contributed by atoms with Gasteiger partial charge >= 0.3 is 0 Å². The summed E-state index contributed by atoms with van der Waals surface area (Å²) in [4.78, 5) is 23.4. The van der Waals surface area contributed by atoms with E-state index < -0.39 is 18.1 Å². The highest BCUT2D eigenvalue weighted by atomic mass is 16.3. The van der Waals surface area contributed by atoms with Crippen LogP contribution in [0.4, 0.5) is 0 Å². The molecule has 2 unspecified atom stereocenters. The number of hydrogen-bond donors (Lipinski definition) is 3. The van der Waals surface area contributed by atoms with Gasteiger partial charge in [0.2, 0.25) is 11.8 Å². The molecule has 1 aromatic carbocycles. The third-order valence-electron chi connectivity index (χ3n) is 4.55. The Bertz CT molecular complexity index is 519. The fraction of sp³-hybridized carbons (Fsp3) is 0.619. The van der Waals surface area contributed by atoms with Crippen LogP contribution in [0.2, 0.25) is 0 Å². The normalized spacial score (nSPS) is 13.2. The number of primary amides is 1. The van der Waals surface area contributed by atoms with Gasteiger partial charge < -0.3 is 16.2 Å². The average Bonchev–Trinajstić information content (AvgIpc) is 2.61. The van der Waals surface area contributed by atoms with Crippen molar-refractivity contribution in [2.75, 3.05) is 0 Å². The van der Waals surface area contributed by atoms with Gasteiger partial charge in [-0.15, -0.1) is 0 Å². The van der Waals surface area contributed by atoms with Gasteiger partial charge in [0.25, 0.3) is 0 Å². The van der Waals surface area contributed by atoms with Crippen LogP contribution in [0.3, 0.4) is 0 Å². The van der Waals surface area contributed by atoms with Crippen LogP contribution in [0.25, 0.3) is 0 Å². The van der Waals surface area contributed by atoms with Crippen molar-refractivity contribution in [3.63, 3.8) is 0 Å². The molecule has 0 aliphatic rings. The van der Waals surface area contributed by atoms with E-state index >= 15 is 0 Å². The van der Waals surface area contributed by atoms with Crippen LogP contribution in [0, 0.1) is 0 Å². The Labute approximate surface area is 157 Å². The largest absolute Gasteiger partial charge is 0.391 e. The number of benzene rings is 1. The number of hydrogen-bond acceptors (Lipinski definition) is 3. The summed E-state index contributed by atoms with van der Waals surface area (Å²) in [5, 5.41) is 13.2. The molecule has 0 bridgehead atoms. The van der Waals surface area contributed by atoms with E-state index in [1.54, 1.807) is 0 Å². The standard InChI is InChI=1S/C21H34N2O3/c1-2-3-4-5-9-15-21(26)23-18(16-20(22)25)19(24)14-10-13-17-11-7-6-8-12-17/h6-8,11-12,18-19,24H,2-5,9-10,13-16H2,1H3,(H2,22,25)(H,23,26). The van der Waals surface area contributed by atoms with E-state index in [1.807, 2.05) is 30.3 Å². The second-order valence-electron chi connectivity index (χ2n) is 6.95. The lowest BCUT2D eigenvalue weighted by atomic mass is 9.99. The van der Waals surface area contributed by atoms with Gasteiger partial charge in [-0.1, -0.05) is 62.9 Å². The molecule has 4 N–H and O–H groups in total. The molecule has 0 spiro atoms. The highest BCUT2D eigenvalue weighted by molar-refractivity contribution is 5.78. The molecule has 0 saturated heterocycles. The first-order valence-corrected chi connectivity index (χ1v) is 9.82. The molecule has 2 atom stereocenters. The zero-order valence-electron chi connectivity index (χ0n) is 16.0. The van der Waals surface area contributed by atoms with Gasteiger partial charge in [-0.2, -0.15) is 0 Å². The molecule has 1 aromatic rings. The van der Waals surface area contributed by atoms with Crippen LogP contribution in [-0.2, 0) is 16.0 Å². The number of carbonyl (C=O) groups excluding carboxylic acids is 2. The van der Waals surface area contributed by atoms with Crippen LogP contribution < -0.4 is 11.1 Å². The highest BCUT2D eigenvalue weighted by Crippen LogP contribution is 2.12. The summed E-state index contributed by atoms with van der Waals surface area (Å²) in [7, 11) is 0. The number of aryl methyl sites for hydroxylation is 1. The molecule has 26 heavy (non-hydrogen) atoms. The number of nitrogens with two attached hydrogens (primary N) is 1. The Morgan fingerprint density at radius 2 is 1.77 bits per heavy atom. The molecule has 5 heteroatoms. The molecule has 146 valence electrons. The summed E-state index contributed by atoms with van der Waals surface area (Å²) in [6.07, 6.45) is 7.13. The van der Waals surface area contributed by atoms with Crippen LogP contribution in [-0.4, -0.2) is 29.1 Å². The van der Waals surface area contributed by atoms with Crippen molar-refractivity contribution >= 4 is 11.8 Å². The van der Waals surface area contributed by atoms with E-state index in [1.165, 1.54) is 18.4 Å². The van der Waals surface area contributed by atoms with Gasteiger partial charge in [0.15, 0.2) is 0 Å². The average molecular weight is 363 g/mol. The Hall–Kier alpha value is -1.88. The summed E-state index contributed by atoms with van der Waals surface area (Å²) >= 11 is 0. The zero-order chi connectivity index (χ0) is 19.2. The smallest absolute Gasteiger partial charge is 0.220 e. The van der Waals surface area contributed by atoms with Crippen molar-refractivity contribution < 1.29 is 14.7 Å². The van der Waals surface area contributed by atoms with Crippen molar-refractivity contribution in [1.82, 2.24) is 5.32 Å². The van der Waals surface area contributed by atoms with Crippen molar-refractivity contribution in [3.8, 4) is 0 Å². The fourth-order valence-corrected chi connectivity index (χ4v) is 3.03.